The number of nitro groups is 1. The Bertz CT molecular complexity index is 586. The molecule has 1 amide bonds. The van der Waals surface area contributed by atoms with Crippen LogP contribution in [0.1, 0.15) is 27.2 Å². The van der Waals surface area contributed by atoms with Gasteiger partial charge in [0.1, 0.15) is 17.4 Å². The van der Waals surface area contributed by atoms with Gasteiger partial charge in [-0.1, -0.05) is 6.92 Å². The number of nitrogens with two attached hydrogens (primary N) is 1. The minimum absolute atomic E-state index is 0.0404. The van der Waals surface area contributed by atoms with Crippen LogP contribution < -0.4 is 15.4 Å². The zero-order valence-corrected chi connectivity index (χ0v) is 12.3. The number of ether oxygens (including phenoxy) is 1. The van der Waals surface area contributed by atoms with Gasteiger partial charge in [0, 0.05) is 12.1 Å². The predicted octanol–water partition coefficient (Wildman–Crippen LogP) is 1.84. The fourth-order valence-corrected chi connectivity index (χ4v) is 2.61. The first-order valence-corrected chi connectivity index (χ1v) is 6.78. The molecule has 2 rings (SSSR count). The number of non-ortho nitro benzene ring substituents is 1. The molecule has 7 nitrogen and oxygen atoms in total. The molecule has 0 aromatic heterocycles. The molecule has 1 heterocycles. The van der Waals surface area contributed by atoms with Crippen LogP contribution in [0.3, 0.4) is 0 Å². The van der Waals surface area contributed by atoms with Gasteiger partial charge in [-0.05, 0) is 26.3 Å². The quantitative estimate of drug-likeness (QED) is 0.674. The summed E-state index contributed by atoms with van der Waals surface area (Å²) in [6, 6.07) is 3.86. The third-order valence-electron chi connectivity index (χ3n) is 3.49. The topological polar surface area (TPSA) is 98.7 Å². The highest BCUT2D eigenvalue weighted by Crippen LogP contribution is 2.40. The van der Waals surface area contributed by atoms with E-state index in [1.807, 2.05) is 20.8 Å². The Morgan fingerprint density at radius 1 is 1.57 bits per heavy atom. The maximum Gasteiger partial charge on any atom is 0.271 e. The van der Waals surface area contributed by atoms with Crippen LogP contribution in [0.2, 0.25) is 0 Å². The maximum absolute atomic E-state index is 11.7. The smallest absolute Gasteiger partial charge is 0.271 e. The molecule has 2 N–H and O–H groups in total. The van der Waals surface area contributed by atoms with E-state index in [1.54, 1.807) is 11.0 Å². The van der Waals surface area contributed by atoms with Gasteiger partial charge in [-0.25, -0.2) is 0 Å². The molecule has 0 saturated heterocycles. The van der Waals surface area contributed by atoms with E-state index >= 15 is 0 Å². The third-order valence-corrected chi connectivity index (χ3v) is 3.49. The van der Waals surface area contributed by atoms with Crippen LogP contribution in [0.15, 0.2) is 18.2 Å². The summed E-state index contributed by atoms with van der Waals surface area (Å²) in [5.41, 5.74) is 5.45. The second-order valence-electron chi connectivity index (χ2n) is 5.73. The monoisotopic (exact) mass is 293 g/mol. The summed E-state index contributed by atoms with van der Waals surface area (Å²) < 4.78 is 5.84. The van der Waals surface area contributed by atoms with Crippen LogP contribution >= 0.6 is 0 Å². The van der Waals surface area contributed by atoms with Crippen LogP contribution in [0, 0.1) is 10.1 Å². The van der Waals surface area contributed by atoms with Crippen molar-refractivity contribution in [2.24, 2.45) is 5.73 Å². The van der Waals surface area contributed by atoms with Crippen molar-refractivity contribution >= 4 is 17.3 Å². The van der Waals surface area contributed by atoms with Gasteiger partial charge in [0.15, 0.2) is 0 Å². The van der Waals surface area contributed by atoms with Crippen molar-refractivity contribution in [3.63, 3.8) is 0 Å². The lowest BCUT2D eigenvalue weighted by Gasteiger charge is -2.43. The molecule has 1 aliphatic heterocycles. The van der Waals surface area contributed by atoms with Crippen molar-refractivity contribution in [1.29, 1.82) is 0 Å². The molecule has 0 saturated carbocycles. The van der Waals surface area contributed by atoms with Crippen molar-refractivity contribution in [3.05, 3.63) is 28.3 Å². The molecular formula is C14H19N3O4. The lowest BCUT2D eigenvalue weighted by atomic mass is 10.0. The molecule has 114 valence electrons. The Morgan fingerprint density at radius 2 is 2.24 bits per heavy atom. The SMILES string of the molecule is CCC(C(N)=O)N1CC(C)(C)Oc2ccc([N+](=O)[O-])cc21. The van der Waals surface area contributed by atoms with Crippen LogP contribution in [0.5, 0.6) is 5.75 Å². The number of nitro benzene ring substituents is 1. The first kappa shape index (κ1) is 15.1. The number of nitrogens with zero attached hydrogens (tertiary/aromatic N) is 2. The normalized spacial score (nSPS) is 17.6. The first-order chi connectivity index (χ1) is 9.75. The minimum Gasteiger partial charge on any atom is -0.484 e. The highest BCUT2D eigenvalue weighted by Gasteiger charge is 2.37. The number of anilines is 1. The van der Waals surface area contributed by atoms with Gasteiger partial charge in [0.25, 0.3) is 5.69 Å². The van der Waals surface area contributed by atoms with Crippen molar-refractivity contribution in [3.8, 4) is 5.75 Å². The van der Waals surface area contributed by atoms with E-state index in [1.165, 1.54) is 12.1 Å². The number of hydrogen-bond donors (Lipinski definition) is 1. The number of carbonyl (C=O) groups is 1. The molecular weight excluding hydrogens is 274 g/mol. The molecule has 0 radical (unpaired) electrons. The number of hydrogen-bond acceptors (Lipinski definition) is 5. The lowest BCUT2D eigenvalue weighted by molar-refractivity contribution is -0.384. The number of rotatable bonds is 4. The van der Waals surface area contributed by atoms with E-state index in [-0.39, 0.29) is 5.69 Å². The fraction of sp³-hybridized carbons (Fsp3) is 0.500. The molecule has 0 spiro atoms. The Balaban J connectivity index is 2.54. The van der Waals surface area contributed by atoms with Gasteiger partial charge in [0.05, 0.1) is 17.2 Å². The summed E-state index contributed by atoms with van der Waals surface area (Å²) in [6.07, 6.45) is 0.521. The van der Waals surface area contributed by atoms with Crippen molar-refractivity contribution in [2.45, 2.75) is 38.8 Å². The van der Waals surface area contributed by atoms with Gasteiger partial charge < -0.3 is 15.4 Å². The van der Waals surface area contributed by atoms with Crippen LogP contribution in [-0.4, -0.2) is 29.0 Å². The van der Waals surface area contributed by atoms with Crippen molar-refractivity contribution in [1.82, 2.24) is 0 Å². The zero-order valence-electron chi connectivity index (χ0n) is 12.3. The summed E-state index contributed by atoms with van der Waals surface area (Å²) >= 11 is 0. The summed E-state index contributed by atoms with van der Waals surface area (Å²) in [5, 5.41) is 10.9. The summed E-state index contributed by atoms with van der Waals surface area (Å²) in [7, 11) is 0. The summed E-state index contributed by atoms with van der Waals surface area (Å²) in [6.45, 7) is 6.09. The first-order valence-electron chi connectivity index (χ1n) is 6.78. The number of amides is 1. The van der Waals surface area contributed by atoms with Crippen molar-refractivity contribution in [2.75, 3.05) is 11.4 Å². The average Bonchev–Trinajstić information content (AvgIpc) is 2.37. The molecule has 7 heteroatoms. The van der Waals surface area contributed by atoms with Crippen LogP contribution in [0.4, 0.5) is 11.4 Å². The Kier molecular flexibility index (Phi) is 3.76. The van der Waals surface area contributed by atoms with Crippen molar-refractivity contribution < 1.29 is 14.5 Å². The molecule has 0 fully saturated rings. The molecule has 21 heavy (non-hydrogen) atoms. The van der Waals surface area contributed by atoms with Crippen LogP contribution in [-0.2, 0) is 4.79 Å². The van der Waals surface area contributed by atoms with Gasteiger partial charge in [0.2, 0.25) is 5.91 Å². The molecule has 1 aliphatic rings. The minimum atomic E-state index is -0.520. The van der Waals surface area contributed by atoms with E-state index in [4.69, 9.17) is 10.5 Å². The Hall–Kier alpha value is -2.31. The average molecular weight is 293 g/mol. The molecule has 1 atom stereocenters. The van der Waals surface area contributed by atoms with E-state index in [2.05, 4.69) is 0 Å². The van der Waals surface area contributed by atoms with Crippen LogP contribution in [0.25, 0.3) is 0 Å². The standard InChI is InChI=1S/C14H19N3O4/c1-4-10(13(15)18)16-8-14(2,3)21-12-6-5-9(17(19)20)7-11(12)16/h5-7,10H,4,8H2,1-3H3,(H2,15,18). The van der Waals surface area contributed by atoms with Gasteiger partial charge in [-0.3, -0.25) is 14.9 Å². The predicted molar refractivity (Wildman–Crippen MR) is 78.4 cm³/mol. The van der Waals surface area contributed by atoms with E-state index in [0.717, 1.165) is 0 Å². The molecule has 0 aliphatic carbocycles. The highest BCUT2D eigenvalue weighted by molar-refractivity contribution is 5.85. The van der Waals surface area contributed by atoms with E-state index in [0.29, 0.717) is 24.4 Å². The summed E-state index contributed by atoms with van der Waals surface area (Å²) in [5.74, 6) is 0.0733. The summed E-state index contributed by atoms with van der Waals surface area (Å²) in [4.78, 5) is 24.0. The highest BCUT2D eigenvalue weighted by atomic mass is 16.6. The maximum atomic E-state index is 11.7. The number of fused-ring (bicyclic) bond motifs is 1. The second kappa shape index (κ2) is 5.23. The Labute approximate surface area is 122 Å². The lowest BCUT2D eigenvalue weighted by Crippen LogP contribution is -2.54. The van der Waals surface area contributed by atoms with E-state index < -0.39 is 22.5 Å². The van der Waals surface area contributed by atoms with Gasteiger partial charge >= 0.3 is 0 Å². The molecule has 0 bridgehead atoms. The third kappa shape index (κ3) is 2.91. The Morgan fingerprint density at radius 3 is 2.76 bits per heavy atom. The largest absolute Gasteiger partial charge is 0.484 e. The number of benzene rings is 1. The molecule has 1 aromatic carbocycles. The zero-order chi connectivity index (χ0) is 15.8. The molecule has 1 unspecified atom stereocenters. The number of carbonyl (C=O) groups excluding carboxylic acids is 1. The van der Waals surface area contributed by atoms with Gasteiger partial charge in [-0.2, -0.15) is 0 Å². The fourth-order valence-electron chi connectivity index (χ4n) is 2.61. The number of primary amides is 1. The van der Waals surface area contributed by atoms with E-state index in [9.17, 15) is 14.9 Å². The second-order valence-corrected chi connectivity index (χ2v) is 5.73. The molecule has 1 aromatic rings. The van der Waals surface area contributed by atoms with Gasteiger partial charge in [-0.15, -0.1) is 0 Å².